The highest BCUT2D eigenvalue weighted by Crippen LogP contribution is 2.34. The predicted molar refractivity (Wildman–Crippen MR) is 61.6 cm³/mol. The molecule has 0 heterocycles. The van der Waals surface area contributed by atoms with Crippen molar-refractivity contribution in [2.75, 3.05) is 25.0 Å². The van der Waals surface area contributed by atoms with Crippen LogP contribution in [0.25, 0.3) is 0 Å². The molecule has 0 aliphatic carbocycles. The predicted octanol–water partition coefficient (Wildman–Crippen LogP) is 3.09. The monoisotopic (exact) mass is 214 g/mol. The van der Waals surface area contributed by atoms with Crippen LogP contribution in [0, 0.1) is 0 Å². The minimum Gasteiger partial charge on any atom is -0.149 e. The second-order valence-corrected chi connectivity index (χ2v) is 6.19. The Bertz CT molecular complexity index is 58.1. The average Bonchev–Trinajstić information content (AvgIpc) is 2.00. The van der Waals surface area contributed by atoms with Crippen molar-refractivity contribution in [1.29, 1.82) is 0 Å². The molecule has 0 aliphatic heterocycles. The van der Waals surface area contributed by atoms with Gasteiger partial charge in [0.2, 0.25) is 0 Å². The summed E-state index contributed by atoms with van der Waals surface area (Å²) < 4.78 is 1.48. The first-order valence-electron chi connectivity index (χ1n) is 2.91. The van der Waals surface area contributed by atoms with Crippen LogP contribution >= 0.6 is 47.0 Å². The Morgan fingerprint density at radius 1 is 0.600 bits per heavy atom. The highest BCUT2D eigenvalue weighted by Gasteiger charge is 2.16. The Morgan fingerprint density at radius 2 is 0.800 bits per heavy atom. The van der Waals surface area contributed by atoms with E-state index in [1.165, 1.54) is 0 Å². The van der Waals surface area contributed by atoms with Gasteiger partial charge in [-0.15, -0.1) is 47.0 Å². The summed E-state index contributed by atoms with van der Waals surface area (Å²) in [5.41, 5.74) is 0. The second kappa shape index (κ2) is 7.07. The van der Waals surface area contributed by atoms with Crippen molar-refractivity contribution in [1.82, 2.24) is 0 Å². The van der Waals surface area contributed by atoms with Gasteiger partial charge in [0.15, 0.2) is 0 Å². The molecule has 0 rings (SSSR count). The normalized spacial score (nSPS) is 11.4. The zero-order valence-corrected chi connectivity index (χ0v) is 10.1. The summed E-state index contributed by atoms with van der Waals surface area (Å²) >= 11 is 7.79. The molecular weight excluding hydrogens is 200 g/mol. The molecule has 62 valence electrons. The largest absolute Gasteiger partial charge is 0.149 e. The van der Waals surface area contributed by atoms with Gasteiger partial charge in [-0.2, -0.15) is 0 Å². The quantitative estimate of drug-likeness (QED) is 0.645. The summed E-state index contributed by atoms with van der Waals surface area (Å²) in [7, 11) is 0. The van der Waals surface area contributed by atoms with Crippen molar-refractivity contribution in [2.45, 2.75) is 9.16 Å². The smallest absolute Gasteiger partial charge is 0.0706 e. The third-order valence-electron chi connectivity index (χ3n) is 1.15. The van der Waals surface area contributed by atoms with Crippen LogP contribution in [0.2, 0.25) is 0 Å². The van der Waals surface area contributed by atoms with E-state index in [-0.39, 0.29) is 0 Å². The van der Waals surface area contributed by atoms with Gasteiger partial charge >= 0.3 is 0 Å². The van der Waals surface area contributed by atoms with Crippen molar-refractivity contribution in [3.63, 3.8) is 0 Å². The maximum atomic E-state index is 2.18. The first kappa shape index (κ1) is 11.4. The number of hydrogen-bond acceptors (Lipinski definition) is 4. The van der Waals surface area contributed by atoms with Gasteiger partial charge < -0.3 is 0 Å². The molecule has 0 saturated heterocycles. The van der Waals surface area contributed by atoms with Crippen LogP contribution in [-0.2, 0) is 0 Å². The molecule has 0 saturated carbocycles. The molecule has 0 aliphatic rings. The molecule has 4 heteroatoms. The van der Waals surface area contributed by atoms with Gasteiger partial charge in [0, 0.05) is 0 Å². The molecule has 0 N–H and O–H groups in total. The van der Waals surface area contributed by atoms with E-state index in [0.717, 1.165) is 9.16 Å². The van der Waals surface area contributed by atoms with E-state index < -0.39 is 0 Å². The van der Waals surface area contributed by atoms with Crippen LogP contribution in [-0.4, -0.2) is 34.2 Å². The van der Waals surface area contributed by atoms with E-state index >= 15 is 0 Å². The fourth-order valence-corrected chi connectivity index (χ4v) is 5.73. The van der Waals surface area contributed by atoms with Gasteiger partial charge in [-0.1, -0.05) is 0 Å². The zero-order chi connectivity index (χ0) is 7.98. The van der Waals surface area contributed by atoms with E-state index in [2.05, 4.69) is 25.0 Å². The van der Waals surface area contributed by atoms with Crippen LogP contribution in [0.1, 0.15) is 0 Å². The molecule has 0 radical (unpaired) electrons. The molecule has 0 fully saturated rings. The molecule has 0 amide bonds. The van der Waals surface area contributed by atoms with Crippen LogP contribution in [0.3, 0.4) is 0 Å². The molecule has 0 atom stereocenters. The minimum atomic E-state index is 0.741. The average molecular weight is 214 g/mol. The van der Waals surface area contributed by atoms with Gasteiger partial charge in [0.25, 0.3) is 0 Å². The third kappa shape index (κ3) is 3.69. The van der Waals surface area contributed by atoms with Crippen LogP contribution in [0.5, 0.6) is 0 Å². The number of hydrogen-bond donors (Lipinski definition) is 0. The second-order valence-electron chi connectivity index (χ2n) is 1.68. The Labute approximate surface area is 81.1 Å². The van der Waals surface area contributed by atoms with Gasteiger partial charge in [0.05, 0.1) is 9.16 Å². The van der Waals surface area contributed by atoms with Crippen molar-refractivity contribution in [3.8, 4) is 0 Å². The van der Waals surface area contributed by atoms with Crippen molar-refractivity contribution < 1.29 is 0 Å². The maximum Gasteiger partial charge on any atom is 0.0706 e. The van der Waals surface area contributed by atoms with E-state index in [0.29, 0.717) is 0 Å². The van der Waals surface area contributed by atoms with E-state index in [4.69, 9.17) is 0 Å². The number of thioether (sulfide) groups is 4. The van der Waals surface area contributed by atoms with Crippen LogP contribution in [0.15, 0.2) is 0 Å². The summed E-state index contributed by atoms with van der Waals surface area (Å²) in [4.78, 5) is 0. The molecule has 0 bridgehead atoms. The Kier molecular flexibility index (Phi) is 8.06. The summed E-state index contributed by atoms with van der Waals surface area (Å²) in [5, 5.41) is 0. The van der Waals surface area contributed by atoms with Gasteiger partial charge in [-0.05, 0) is 25.0 Å². The summed E-state index contributed by atoms with van der Waals surface area (Å²) in [6, 6.07) is 0. The standard InChI is InChI=1S/C6H14S4/c1-7-5(8-2)6(9-3)10-4/h5-6H,1-4H3. The molecule has 0 spiro atoms. The number of rotatable bonds is 5. The Morgan fingerprint density at radius 3 is 0.900 bits per heavy atom. The molecule has 0 nitrogen and oxygen atoms in total. The third-order valence-corrected chi connectivity index (χ3v) is 7.10. The van der Waals surface area contributed by atoms with Crippen molar-refractivity contribution in [2.24, 2.45) is 0 Å². The lowest BCUT2D eigenvalue weighted by Gasteiger charge is -2.19. The van der Waals surface area contributed by atoms with Crippen LogP contribution < -0.4 is 0 Å². The van der Waals surface area contributed by atoms with E-state index in [1.54, 1.807) is 0 Å². The first-order valence-corrected chi connectivity index (χ1v) is 8.06. The fourth-order valence-electron chi connectivity index (χ4n) is 0.637. The molecule has 0 unspecified atom stereocenters. The van der Waals surface area contributed by atoms with E-state index in [9.17, 15) is 0 Å². The minimum absolute atomic E-state index is 0.741. The lowest BCUT2D eigenvalue weighted by Crippen LogP contribution is -2.10. The molecule has 0 aromatic heterocycles. The first-order chi connectivity index (χ1) is 4.79. The van der Waals surface area contributed by atoms with Crippen molar-refractivity contribution >= 4 is 47.0 Å². The van der Waals surface area contributed by atoms with Gasteiger partial charge in [-0.3, -0.25) is 0 Å². The SMILES string of the molecule is CSC(SC)C(SC)SC. The molecule has 10 heavy (non-hydrogen) atoms. The Balaban J connectivity index is 3.70. The summed E-state index contributed by atoms with van der Waals surface area (Å²) in [5.74, 6) is 0. The lowest BCUT2D eigenvalue weighted by atomic mass is 10.9. The summed E-state index contributed by atoms with van der Waals surface area (Å²) in [6.45, 7) is 0. The maximum absolute atomic E-state index is 2.18. The van der Waals surface area contributed by atoms with Crippen molar-refractivity contribution in [3.05, 3.63) is 0 Å². The highest BCUT2D eigenvalue weighted by molar-refractivity contribution is 8.22. The van der Waals surface area contributed by atoms with Gasteiger partial charge in [-0.25, -0.2) is 0 Å². The summed E-state index contributed by atoms with van der Waals surface area (Å²) in [6.07, 6.45) is 8.72. The lowest BCUT2D eigenvalue weighted by molar-refractivity contribution is 1.37. The van der Waals surface area contributed by atoms with E-state index in [1.807, 2.05) is 47.0 Å². The highest BCUT2D eigenvalue weighted by atomic mass is 32.2. The van der Waals surface area contributed by atoms with Gasteiger partial charge in [0.1, 0.15) is 0 Å². The molecular formula is C6H14S4. The van der Waals surface area contributed by atoms with Crippen LogP contribution in [0.4, 0.5) is 0 Å². The fraction of sp³-hybridized carbons (Fsp3) is 1.00. The molecule has 0 aromatic carbocycles. The Hall–Kier alpha value is 1.40. The zero-order valence-electron chi connectivity index (χ0n) is 6.79. The molecule has 0 aromatic rings. The topological polar surface area (TPSA) is 0 Å².